The van der Waals surface area contributed by atoms with E-state index in [4.69, 9.17) is 0 Å². The molecule has 0 atom stereocenters. The van der Waals surface area contributed by atoms with Crippen LogP contribution in [-0.4, -0.2) is 33.4 Å². The molecule has 0 radical (unpaired) electrons. The van der Waals surface area contributed by atoms with Crippen LogP contribution in [0.5, 0.6) is 0 Å². The van der Waals surface area contributed by atoms with E-state index in [0.29, 0.717) is 0 Å². The maximum absolute atomic E-state index is 4.53. The van der Waals surface area contributed by atoms with Gasteiger partial charge in [-0.1, -0.05) is 72.8 Å². The first kappa shape index (κ1) is 29.7. The Morgan fingerprint density at radius 3 is 1.42 bits per heavy atom. The van der Waals surface area contributed by atoms with E-state index < -0.39 is 5.41 Å². The molecule has 0 N–H and O–H groups in total. The van der Waals surface area contributed by atoms with Crippen molar-refractivity contribution < 1.29 is 0 Å². The van der Waals surface area contributed by atoms with Crippen LogP contribution < -0.4 is 0 Å². The Labute approximate surface area is 292 Å². The number of hydrogen-bond donors (Lipinski definition) is 0. The van der Waals surface area contributed by atoms with Gasteiger partial charge in [0.25, 0.3) is 0 Å². The highest BCUT2D eigenvalue weighted by atomic mass is 15.1. The maximum atomic E-state index is 4.53. The first-order valence-corrected chi connectivity index (χ1v) is 17.0. The normalized spacial score (nSPS) is 14.2. The summed E-state index contributed by atoms with van der Waals surface area (Å²) < 4.78 is 0. The van der Waals surface area contributed by atoms with E-state index in [1.807, 2.05) is 55.4 Å². The lowest BCUT2D eigenvalue weighted by molar-refractivity contribution is 0.512. The van der Waals surface area contributed by atoms with Crippen LogP contribution in [0.1, 0.15) is 27.8 Å². The summed E-state index contributed by atoms with van der Waals surface area (Å²) in [5.41, 5.74) is 15.9. The summed E-state index contributed by atoms with van der Waals surface area (Å²) >= 11 is 0. The lowest BCUT2D eigenvalue weighted by atomic mass is 9.66. The van der Waals surface area contributed by atoms with Gasteiger partial charge >= 0.3 is 0 Å². The Bertz CT molecular complexity index is 2310. The molecular formula is C46H34N4. The third-order valence-electron chi connectivity index (χ3n) is 10.1. The SMILES string of the molecule is CN1C=CC=C(c2cc(-c3cccnc3)cc(C3(c4cc(-c5cccnc5)cc(-c5cccnc5)c4)c4ccccc4-c4ccccc43)c2)C1. The van der Waals surface area contributed by atoms with E-state index in [9.17, 15) is 0 Å². The standard InChI is InChI=1S/C46H34N4/c1-50-21-9-13-35(31-50)39-23-38(34-12-8-20-49-30-34)26-41(27-39)46(44-16-4-2-14-42(44)43-15-3-5-17-45(43)46)40-24-36(32-10-6-18-47-28-32)22-37(25-40)33-11-7-19-48-29-33/h2-30H,31H2,1H3. The van der Waals surface area contributed by atoms with Crippen LogP contribution >= 0.6 is 0 Å². The van der Waals surface area contributed by atoms with Crippen LogP contribution in [0.15, 0.2) is 177 Å². The predicted octanol–water partition coefficient (Wildman–Crippen LogP) is 10.1. The van der Waals surface area contributed by atoms with E-state index in [0.717, 1.165) is 39.9 Å². The lowest BCUT2D eigenvalue weighted by Crippen LogP contribution is -2.29. The highest BCUT2D eigenvalue weighted by molar-refractivity contribution is 5.89. The molecule has 0 saturated carbocycles. The molecule has 1 aliphatic heterocycles. The Morgan fingerprint density at radius 2 is 0.960 bits per heavy atom. The molecule has 4 heterocycles. The molecule has 4 nitrogen and oxygen atoms in total. The molecule has 50 heavy (non-hydrogen) atoms. The molecule has 0 bridgehead atoms. The van der Waals surface area contributed by atoms with Crippen LogP contribution in [0.3, 0.4) is 0 Å². The smallest absolute Gasteiger partial charge is 0.0714 e. The first-order chi connectivity index (χ1) is 24.7. The first-order valence-electron chi connectivity index (χ1n) is 17.0. The third kappa shape index (κ3) is 4.96. The largest absolute Gasteiger partial charge is 0.376 e. The minimum absolute atomic E-state index is 0.633. The fourth-order valence-corrected chi connectivity index (χ4v) is 7.87. The molecule has 9 rings (SSSR count). The summed E-state index contributed by atoms with van der Waals surface area (Å²) in [4.78, 5) is 15.8. The summed E-state index contributed by atoms with van der Waals surface area (Å²) in [6.45, 7) is 0.828. The number of benzene rings is 4. The van der Waals surface area contributed by atoms with Crippen molar-refractivity contribution in [2.75, 3.05) is 13.6 Å². The second kappa shape index (κ2) is 12.2. The summed E-state index contributed by atoms with van der Waals surface area (Å²) in [7, 11) is 2.13. The van der Waals surface area contributed by atoms with Gasteiger partial charge in [-0.15, -0.1) is 0 Å². The Morgan fingerprint density at radius 1 is 0.500 bits per heavy atom. The van der Waals surface area contributed by atoms with E-state index in [-0.39, 0.29) is 0 Å². The molecule has 7 aromatic rings. The molecule has 0 saturated heterocycles. The monoisotopic (exact) mass is 642 g/mol. The van der Waals surface area contributed by atoms with Crippen LogP contribution in [0.25, 0.3) is 50.1 Å². The van der Waals surface area contributed by atoms with E-state index in [2.05, 4.69) is 148 Å². The Hall–Kier alpha value is -6.39. The molecule has 1 aliphatic carbocycles. The molecular weight excluding hydrogens is 609 g/mol. The van der Waals surface area contributed by atoms with Gasteiger partial charge in [0, 0.05) is 67.5 Å². The average molecular weight is 643 g/mol. The molecule has 0 amide bonds. The molecule has 3 aromatic heterocycles. The highest BCUT2D eigenvalue weighted by Crippen LogP contribution is 2.57. The van der Waals surface area contributed by atoms with Crippen molar-refractivity contribution in [1.29, 1.82) is 0 Å². The number of hydrogen-bond acceptors (Lipinski definition) is 4. The highest BCUT2D eigenvalue weighted by Gasteiger charge is 2.46. The quantitative estimate of drug-likeness (QED) is 0.181. The summed E-state index contributed by atoms with van der Waals surface area (Å²) in [5.74, 6) is 0. The van der Waals surface area contributed by atoms with E-state index >= 15 is 0 Å². The van der Waals surface area contributed by atoms with Gasteiger partial charge in [-0.3, -0.25) is 15.0 Å². The molecule has 0 spiro atoms. The van der Waals surface area contributed by atoms with Gasteiger partial charge in [-0.05, 0) is 128 Å². The Balaban J connectivity index is 1.42. The number of allylic oxidation sites excluding steroid dienone is 2. The van der Waals surface area contributed by atoms with Crippen molar-refractivity contribution >= 4 is 5.57 Å². The second-order valence-electron chi connectivity index (χ2n) is 13.1. The summed E-state index contributed by atoms with van der Waals surface area (Å²) in [6, 6.07) is 44.5. The van der Waals surface area contributed by atoms with Gasteiger partial charge in [0.2, 0.25) is 0 Å². The maximum Gasteiger partial charge on any atom is 0.0714 e. The minimum atomic E-state index is -0.633. The van der Waals surface area contributed by atoms with Crippen molar-refractivity contribution in [3.63, 3.8) is 0 Å². The summed E-state index contributed by atoms with van der Waals surface area (Å²) in [6.07, 6.45) is 17.9. The van der Waals surface area contributed by atoms with Gasteiger partial charge in [0.1, 0.15) is 0 Å². The number of pyridine rings is 3. The molecule has 4 aromatic carbocycles. The van der Waals surface area contributed by atoms with E-state index in [1.165, 1.54) is 44.5 Å². The minimum Gasteiger partial charge on any atom is -0.376 e. The van der Waals surface area contributed by atoms with Crippen molar-refractivity contribution in [3.05, 3.63) is 205 Å². The van der Waals surface area contributed by atoms with Crippen molar-refractivity contribution in [2.45, 2.75) is 5.41 Å². The fraction of sp³-hybridized carbons (Fsp3) is 0.0652. The topological polar surface area (TPSA) is 41.9 Å². The third-order valence-corrected chi connectivity index (χ3v) is 10.1. The van der Waals surface area contributed by atoms with Gasteiger partial charge in [-0.25, -0.2) is 0 Å². The summed E-state index contributed by atoms with van der Waals surface area (Å²) in [5, 5.41) is 0. The average Bonchev–Trinajstić information content (AvgIpc) is 3.50. The van der Waals surface area contributed by atoms with Crippen LogP contribution in [0.4, 0.5) is 0 Å². The second-order valence-corrected chi connectivity index (χ2v) is 13.1. The van der Waals surface area contributed by atoms with Crippen LogP contribution in [0.2, 0.25) is 0 Å². The molecule has 238 valence electrons. The number of rotatable bonds is 6. The zero-order valence-corrected chi connectivity index (χ0v) is 27.7. The van der Waals surface area contributed by atoms with Crippen LogP contribution in [0, 0.1) is 0 Å². The van der Waals surface area contributed by atoms with Crippen molar-refractivity contribution in [1.82, 2.24) is 19.9 Å². The zero-order chi connectivity index (χ0) is 33.5. The molecule has 0 fully saturated rings. The number of fused-ring (bicyclic) bond motifs is 3. The number of nitrogens with zero attached hydrogens (tertiary/aromatic N) is 4. The molecule has 2 aliphatic rings. The van der Waals surface area contributed by atoms with Gasteiger partial charge in [0.05, 0.1) is 5.41 Å². The molecule has 4 heteroatoms. The molecule has 0 unspecified atom stereocenters. The van der Waals surface area contributed by atoms with Crippen LogP contribution in [-0.2, 0) is 5.41 Å². The van der Waals surface area contributed by atoms with E-state index in [1.54, 1.807) is 0 Å². The number of aromatic nitrogens is 3. The van der Waals surface area contributed by atoms with Gasteiger partial charge in [-0.2, -0.15) is 0 Å². The van der Waals surface area contributed by atoms with Gasteiger partial charge in [0.15, 0.2) is 0 Å². The fourth-order valence-electron chi connectivity index (χ4n) is 7.87. The zero-order valence-electron chi connectivity index (χ0n) is 27.7. The van der Waals surface area contributed by atoms with Crippen molar-refractivity contribution in [3.8, 4) is 44.5 Å². The van der Waals surface area contributed by atoms with Crippen molar-refractivity contribution in [2.24, 2.45) is 0 Å². The number of likely N-dealkylation sites (N-methyl/N-ethyl adjacent to an activating group) is 1. The lowest BCUT2D eigenvalue weighted by Gasteiger charge is -2.35. The Kier molecular flexibility index (Phi) is 7.28. The van der Waals surface area contributed by atoms with Gasteiger partial charge < -0.3 is 4.90 Å². The predicted molar refractivity (Wildman–Crippen MR) is 203 cm³/mol.